The lowest BCUT2D eigenvalue weighted by Gasteiger charge is -2.26. The third-order valence-electron chi connectivity index (χ3n) is 3.38. The highest BCUT2D eigenvalue weighted by molar-refractivity contribution is 5.79. The van der Waals surface area contributed by atoms with Crippen LogP contribution in [0, 0.1) is 18.8 Å². The zero-order chi connectivity index (χ0) is 15.1. The van der Waals surface area contributed by atoms with Gasteiger partial charge in [0, 0.05) is 18.8 Å². The fraction of sp³-hybridized carbons (Fsp3) is 0.625. The Balaban J connectivity index is 2.76. The average molecular weight is 277 g/mol. The molecule has 0 aliphatic heterocycles. The fourth-order valence-electron chi connectivity index (χ4n) is 2.35. The van der Waals surface area contributed by atoms with Crippen molar-refractivity contribution in [3.63, 3.8) is 0 Å². The van der Waals surface area contributed by atoms with Crippen LogP contribution in [-0.4, -0.2) is 28.9 Å². The first kappa shape index (κ1) is 16.6. The van der Waals surface area contributed by atoms with Gasteiger partial charge in [-0.25, -0.2) is 0 Å². The smallest absolute Gasteiger partial charge is 0.227 e. The Morgan fingerprint density at radius 1 is 1.40 bits per heavy atom. The number of nitrogens with two attached hydrogens (primary N) is 1. The lowest BCUT2D eigenvalue weighted by Crippen LogP contribution is -2.39. The second-order valence-electron chi connectivity index (χ2n) is 5.68. The lowest BCUT2D eigenvalue weighted by atomic mass is 9.96. The van der Waals surface area contributed by atoms with Gasteiger partial charge in [-0.1, -0.05) is 19.9 Å². The lowest BCUT2D eigenvalue weighted by molar-refractivity contribution is -0.136. The van der Waals surface area contributed by atoms with Crippen LogP contribution in [0.4, 0.5) is 0 Å². The molecule has 1 atom stereocenters. The van der Waals surface area contributed by atoms with Gasteiger partial charge in [-0.15, -0.1) is 0 Å². The van der Waals surface area contributed by atoms with Gasteiger partial charge in [-0.2, -0.15) is 0 Å². The first-order valence-electron chi connectivity index (χ1n) is 7.39. The molecule has 0 saturated carbocycles. The molecule has 1 unspecified atom stereocenters. The van der Waals surface area contributed by atoms with Crippen LogP contribution in [-0.2, 0) is 11.3 Å². The highest BCUT2D eigenvalue weighted by atomic mass is 16.2. The summed E-state index contributed by atoms with van der Waals surface area (Å²) < 4.78 is 0. The van der Waals surface area contributed by atoms with Crippen molar-refractivity contribution < 1.29 is 4.79 Å². The molecule has 0 saturated heterocycles. The third-order valence-corrected chi connectivity index (χ3v) is 3.38. The molecule has 0 spiro atoms. The first-order valence-corrected chi connectivity index (χ1v) is 7.39. The number of aryl methyl sites for hydroxylation is 1. The Kier molecular flexibility index (Phi) is 6.65. The normalized spacial score (nSPS) is 12.5. The third kappa shape index (κ3) is 4.93. The Morgan fingerprint density at radius 3 is 2.60 bits per heavy atom. The molecule has 1 aromatic heterocycles. The molecule has 4 nitrogen and oxygen atoms in total. The van der Waals surface area contributed by atoms with Crippen molar-refractivity contribution in [1.82, 2.24) is 9.88 Å². The second kappa shape index (κ2) is 8.00. The van der Waals surface area contributed by atoms with Crippen LogP contribution in [0.25, 0.3) is 0 Å². The molecule has 1 aromatic rings. The predicted molar refractivity (Wildman–Crippen MR) is 82.1 cm³/mol. The SMILES string of the molecule is CCN(Cc1cccc(C)n1)C(=O)C(CN)CC(C)C. The standard InChI is InChI=1S/C16H27N3O/c1-5-19(11-15-8-6-7-13(4)18-15)16(20)14(10-17)9-12(2)3/h6-8,12,14H,5,9-11,17H2,1-4H3. The molecule has 0 aliphatic carbocycles. The van der Waals surface area contributed by atoms with Gasteiger partial charge in [0.05, 0.1) is 18.2 Å². The zero-order valence-electron chi connectivity index (χ0n) is 13.1. The van der Waals surface area contributed by atoms with E-state index in [2.05, 4.69) is 18.8 Å². The molecular formula is C16H27N3O. The molecule has 4 heteroatoms. The van der Waals surface area contributed by atoms with E-state index in [0.29, 0.717) is 25.6 Å². The predicted octanol–water partition coefficient (Wildman–Crippen LogP) is 2.36. The van der Waals surface area contributed by atoms with Crippen LogP contribution in [0.1, 0.15) is 38.6 Å². The number of nitrogens with zero attached hydrogens (tertiary/aromatic N) is 2. The van der Waals surface area contributed by atoms with Crippen molar-refractivity contribution >= 4 is 5.91 Å². The molecule has 20 heavy (non-hydrogen) atoms. The van der Waals surface area contributed by atoms with Crippen molar-refractivity contribution in [2.24, 2.45) is 17.6 Å². The van der Waals surface area contributed by atoms with E-state index in [1.807, 2.05) is 36.9 Å². The molecule has 0 bridgehead atoms. The quantitative estimate of drug-likeness (QED) is 0.832. The number of carbonyl (C=O) groups is 1. The summed E-state index contributed by atoms with van der Waals surface area (Å²) in [6.07, 6.45) is 0.840. The van der Waals surface area contributed by atoms with E-state index in [9.17, 15) is 4.79 Å². The van der Waals surface area contributed by atoms with Crippen LogP contribution in [0.15, 0.2) is 18.2 Å². The number of aromatic nitrogens is 1. The first-order chi connectivity index (χ1) is 9.47. The van der Waals surface area contributed by atoms with Gasteiger partial charge < -0.3 is 10.6 Å². The van der Waals surface area contributed by atoms with Gasteiger partial charge in [0.25, 0.3) is 0 Å². The number of carbonyl (C=O) groups excluding carboxylic acids is 1. The van der Waals surface area contributed by atoms with Gasteiger partial charge in [-0.05, 0) is 38.3 Å². The minimum Gasteiger partial charge on any atom is -0.337 e. The van der Waals surface area contributed by atoms with E-state index < -0.39 is 0 Å². The molecule has 0 radical (unpaired) electrons. The van der Waals surface area contributed by atoms with E-state index in [-0.39, 0.29) is 11.8 Å². The zero-order valence-corrected chi connectivity index (χ0v) is 13.1. The molecule has 1 rings (SSSR count). The van der Waals surface area contributed by atoms with E-state index in [1.165, 1.54) is 0 Å². The molecule has 1 heterocycles. The van der Waals surface area contributed by atoms with Crippen molar-refractivity contribution in [3.05, 3.63) is 29.6 Å². The average Bonchev–Trinajstić information content (AvgIpc) is 2.41. The molecule has 0 aliphatic rings. The van der Waals surface area contributed by atoms with Crippen molar-refractivity contribution in [2.45, 2.75) is 40.7 Å². The van der Waals surface area contributed by atoms with Crippen LogP contribution < -0.4 is 5.73 Å². The van der Waals surface area contributed by atoms with Crippen LogP contribution in [0.2, 0.25) is 0 Å². The second-order valence-corrected chi connectivity index (χ2v) is 5.68. The summed E-state index contributed by atoms with van der Waals surface area (Å²) in [6.45, 7) is 9.85. The summed E-state index contributed by atoms with van der Waals surface area (Å²) in [4.78, 5) is 18.9. The highest BCUT2D eigenvalue weighted by Crippen LogP contribution is 2.15. The molecule has 2 N–H and O–H groups in total. The topological polar surface area (TPSA) is 59.2 Å². The summed E-state index contributed by atoms with van der Waals surface area (Å²) in [6, 6.07) is 5.90. The minimum atomic E-state index is -0.0836. The maximum atomic E-state index is 12.5. The maximum absolute atomic E-state index is 12.5. The Hall–Kier alpha value is -1.42. The number of hydrogen-bond acceptors (Lipinski definition) is 3. The monoisotopic (exact) mass is 277 g/mol. The summed E-state index contributed by atoms with van der Waals surface area (Å²) in [5.41, 5.74) is 7.68. The summed E-state index contributed by atoms with van der Waals surface area (Å²) in [5, 5.41) is 0. The highest BCUT2D eigenvalue weighted by Gasteiger charge is 2.23. The van der Waals surface area contributed by atoms with Gasteiger partial charge in [0.2, 0.25) is 5.91 Å². The fourth-order valence-corrected chi connectivity index (χ4v) is 2.35. The van der Waals surface area contributed by atoms with Crippen molar-refractivity contribution in [3.8, 4) is 0 Å². The molecule has 1 amide bonds. The van der Waals surface area contributed by atoms with Crippen molar-refractivity contribution in [1.29, 1.82) is 0 Å². The Bertz CT molecular complexity index is 431. The number of hydrogen-bond donors (Lipinski definition) is 1. The number of pyridine rings is 1. The molecule has 0 fully saturated rings. The van der Waals surface area contributed by atoms with Crippen molar-refractivity contribution in [2.75, 3.05) is 13.1 Å². The number of rotatable bonds is 7. The summed E-state index contributed by atoms with van der Waals surface area (Å²) in [5.74, 6) is 0.537. The minimum absolute atomic E-state index is 0.0836. The van der Waals surface area contributed by atoms with Crippen LogP contribution >= 0.6 is 0 Å². The van der Waals surface area contributed by atoms with Gasteiger partial charge in [0.1, 0.15) is 0 Å². The van der Waals surface area contributed by atoms with Gasteiger partial charge >= 0.3 is 0 Å². The summed E-state index contributed by atoms with van der Waals surface area (Å²) >= 11 is 0. The molecular weight excluding hydrogens is 250 g/mol. The van der Waals surface area contributed by atoms with Gasteiger partial charge in [0.15, 0.2) is 0 Å². The Labute approximate surface area is 122 Å². The summed E-state index contributed by atoms with van der Waals surface area (Å²) in [7, 11) is 0. The number of amides is 1. The van der Waals surface area contributed by atoms with E-state index in [1.54, 1.807) is 0 Å². The largest absolute Gasteiger partial charge is 0.337 e. The van der Waals surface area contributed by atoms with Crippen LogP contribution in [0.3, 0.4) is 0 Å². The van der Waals surface area contributed by atoms with Crippen LogP contribution in [0.5, 0.6) is 0 Å². The van der Waals surface area contributed by atoms with E-state index >= 15 is 0 Å². The van der Waals surface area contributed by atoms with E-state index in [4.69, 9.17) is 5.73 Å². The molecule has 112 valence electrons. The Morgan fingerprint density at radius 2 is 2.10 bits per heavy atom. The van der Waals surface area contributed by atoms with E-state index in [0.717, 1.165) is 17.8 Å². The van der Waals surface area contributed by atoms with Gasteiger partial charge in [-0.3, -0.25) is 9.78 Å². The molecule has 0 aromatic carbocycles. The maximum Gasteiger partial charge on any atom is 0.227 e.